The highest BCUT2D eigenvalue weighted by atomic mass is 19.1. The van der Waals surface area contributed by atoms with Crippen LogP contribution in [0.2, 0.25) is 0 Å². The van der Waals surface area contributed by atoms with Crippen molar-refractivity contribution < 1.29 is 19.2 Å². The van der Waals surface area contributed by atoms with Crippen molar-refractivity contribution in [3.8, 4) is 0 Å². The second kappa shape index (κ2) is 8.29. The van der Waals surface area contributed by atoms with E-state index in [2.05, 4.69) is 4.90 Å². The van der Waals surface area contributed by atoms with Gasteiger partial charge >= 0.3 is 5.97 Å². The quantitative estimate of drug-likeness (QED) is 0.480. The molecule has 0 spiro atoms. The highest BCUT2D eigenvalue weighted by Gasteiger charge is 2.23. The monoisotopic (exact) mass is 440 g/mol. The summed E-state index contributed by atoms with van der Waals surface area (Å²) in [6.07, 6.45) is 1.29. The van der Waals surface area contributed by atoms with E-state index in [0.29, 0.717) is 43.9 Å². The lowest BCUT2D eigenvalue weighted by molar-refractivity contribution is -0.384. The van der Waals surface area contributed by atoms with Crippen molar-refractivity contribution in [3.05, 3.63) is 74.3 Å². The van der Waals surface area contributed by atoms with E-state index in [1.807, 2.05) is 11.8 Å². The van der Waals surface area contributed by atoms with E-state index in [9.17, 15) is 29.2 Å². The first-order valence-corrected chi connectivity index (χ1v) is 10.1. The summed E-state index contributed by atoms with van der Waals surface area (Å²) in [4.78, 5) is 38.2. The van der Waals surface area contributed by atoms with E-state index in [1.54, 1.807) is 22.8 Å². The summed E-state index contributed by atoms with van der Waals surface area (Å²) in [5.74, 6) is -1.92. The number of carbonyl (C=O) groups is 1. The van der Waals surface area contributed by atoms with Crippen LogP contribution >= 0.6 is 0 Å². The fourth-order valence-corrected chi connectivity index (χ4v) is 4.05. The molecule has 32 heavy (non-hydrogen) atoms. The Labute approximate surface area is 182 Å². The van der Waals surface area contributed by atoms with Crippen molar-refractivity contribution in [1.29, 1.82) is 0 Å². The summed E-state index contributed by atoms with van der Waals surface area (Å²) in [6, 6.07) is 9.03. The third-order valence-corrected chi connectivity index (χ3v) is 5.77. The SMILES string of the molecule is CCn1cc(C(=O)O)c(=O)c2cc(F)c(N3CCN(c4ccc([N+](=O)[O-])cc4)CC3)cc21. The number of nitrogens with zero attached hydrogens (tertiary/aromatic N) is 4. The molecule has 0 amide bonds. The summed E-state index contributed by atoms with van der Waals surface area (Å²) >= 11 is 0. The fourth-order valence-electron chi connectivity index (χ4n) is 4.05. The van der Waals surface area contributed by atoms with Gasteiger partial charge in [-0.05, 0) is 31.2 Å². The number of piperazine rings is 1. The van der Waals surface area contributed by atoms with Gasteiger partial charge in [0.05, 0.1) is 16.1 Å². The molecule has 1 fully saturated rings. The second-order valence-electron chi connectivity index (χ2n) is 7.53. The molecule has 0 saturated carbocycles. The van der Waals surface area contributed by atoms with Crippen LogP contribution in [0.4, 0.5) is 21.5 Å². The zero-order valence-electron chi connectivity index (χ0n) is 17.3. The average molecular weight is 440 g/mol. The fraction of sp³-hybridized carbons (Fsp3) is 0.273. The summed E-state index contributed by atoms with van der Waals surface area (Å²) < 4.78 is 16.6. The van der Waals surface area contributed by atoms with Gasteiger partial charge in [0.15, 0.2) is 0 Å². The number of carboxylic acid groups (broad SMARTS) is 1. The van der Waals surface area contributed by atoms with E-state index >= 15 is 0 Å². The van der Waals surface area contributed by atoms with Gasteiger partial charge in [-0.2, -0.15) is 0 Å². The number of hydrogen-bond donors (Lipinski definition) is 1. The van der Waals surface area contributed by atoms with Gasteiger partial charge in [-0.25, -0.2) is 9.18 Å². The Kier molecular flexibility index (Phi) is 5.52. The Morgan fingerprint density at radius 3 is 2.31 bits per heavy atom. The Morgan fingerprint density at radius 2 is 1.75 bits per heavy atom. The van der Waals surface area contributed by atoms with E-state index < -0.39 is 22.1 Å². The maximum Gasteiger partial charge on any atom is 0.341 e. The van der Waals surface area contributed by atoms with Gasteiger partial charge in [0.2, 0.25) is 5.43 Å². The van der Waals surface area contributed by atoms with Crippen LogP contribution in [0.15, 0.2) is 47.4 Å². The van der Waals surface area contributed by atoms with E-state index in [1.165, 1.54) is 18.3 Å². The molecule has 1 aliphatic heterocycles. The zero-order chi connectivity index (χ0) is 23.0. The zero-order valence-corrected chi connectivity index (χ0v) is 17.3. The van der Waals surface area contributed by atoms with Gasteiger partial charge in [-0.3, -0.25) is 14.9 Å². The molecule has 0 bridgehead atoms. The van der Waals surface area contributed by atoms with E-state index in [4.69, 9.17) is 0 Å². The van der Waals surface area contributed by atoms with Crippen molar-refractivity contribution in [2.75, 3.05) is 36.0 Å². The van der Waals surface area contributed by atoms with Gasteiger partial charge in [-0.15, -0.1) is 0 Å². The van der Waals surface area contributed by atoms with Crippen LogP contribution in [0.3, 0.4) is 0 Å². The van der Waals surface area contributed by atoms with E-state index in [0.717, 1.165) is 11.8 Å². The highest BCUT2D eigenvalue weighted by Crippen LogP contribution is 2.28. The molecular formula is C22H21FN4O5. The molecular weight excluding hydrogens is 419 g/mol. The van der Waals surface area contributed by atoms with Gasteiger partial charge < -0.3 is 19.5 Å². The maximum atomic E-state index is 15.0. The highest BCUT2D eigenvalue weighted by molar-refractivity contribution is 5.93. The number of non-ortho nitro benzene ring substituents is 1. The van der Waals surface area contributed by atoms with Crippen molar-refractivity contribution in [3.63, 3.8) is 0 Å². The second-order valence-corrected chi connectivity index (χ2v) is 7.53. The van der Waals surface area contributed by atoms with Crippen LogP contribution < -0.4 is 15.2 Å². The molecule has 0 aliphatic carbocycles. The Balaban J connectivity index is 1.61. The van der Waals surface area contributed by atoms with Crippen LogP contribution in [0.25, 0.3) is 10.9 Å². The molecule has 9 nitrogen and oxygen atoms in total. The number of hydrogen-bond acceptors (Lipinski definition) is 6. The van der Waals surface area contributed by atoms with Crippen LogP contribution in [0, 0.1) is 15.9 Å². The van der Waals surface area contributed by atoms with Crippen LogP contribution in [0.5, 0.6) is 0 Å². The number of nitro groups is 1. The maximum absolute atomic E-state index is 15.0. The number of carboxylic acids is 1. The number of aromatic nitrogens is 1. The Morgan fingerprint density at radius 1 is 1.12 bits per heavy atom. The third kappa shape index (κ3) is 3.75. The molecule has 1 saturated heterocycles. The number of benzene rings is 2. The lowest BCUT2D eigenvalue weighted by Crippen LogP contribution is -2.46. The van der Waals surface area contributed by atoms with Crippen LogP contribution in [-0.4, -0.2) is 46.7 Å². The molecule has 4 rings (SSSR count). The largest absolute Gasteiger partial charge is 0.477 e. The van der Waals surface area contributed by atoms with E-state index in [-0.39, 0.29) is 16.6 Å². The van der Waals surface area contributed by atoms with Gasteiger partial charge in [0, 0.05) is 62.1 Å². The predicted octanol–water partition coefficient (Wildman–Crippen LogP) is 3.09. The Hall–Kier alpha value is -3.95. The number of halogens is 1. The van der Waals surface area contributed by atoms with Gasteiger partial charge in [0.25, 0.3) is 5.69 Å². The minimum Gasteiger partial charge on any atom is -0.477 e. The first kappa shape index (κ1) is 21.3. The smallest absolute Gasteiger partial charge is 0.341 e. The number of aromatic carboxylic acids is 1. The summed E-state index contributed by atoms with van der Waals surface area (Å²) in [5.41, 5.74) is 0.630. The van der Waals surface area contributed by atoms with Crippen molar-refractivity contribution >= 4 is 33.9 Å². The summed E-state index contributed by atoms with van der Waals surface area (Å²) in [6.45, 7) is 4.46. The molecule has 2 heterocycles. The number of aryl methyl sites for hydroxylation is 1. The normalized spacial score (nSPS) is 14.1. The topological polar surface area (TPSA) is 109 Å². The van der Waals surface area contributed by atoms with Crippen molar-refractivity contribution in [1.82, 2.24) is 4.57 Å². The molecule has 0 unspecified atom stereocenters. The molecule has 1 N–H and O–H groups in total. The minimum atomic E-state index is -1.34. The Bertz CT molecular complexity index is 1260. The first-order valence-electron chi connectivity index (χ1n) is 10.1. The molecule has 0 atom stereocenters. The van der Waals surface area contributed by atoms with Crippen LogP contribution in [0.1, 0.15) is 17.3 Å². The first-order chi connectivity index (χ1) is 15.3. The summed E-state index contributed by atoms with van der Waals surface area (Å²) in [5, 5.41) is 20.2. The number of nitro benzene ring substituents is 1. The van der Waals surface area contributed by atoms with Crippen molar-refractivity contribution in [2.45, 2.75) is 13.5 Å². The summed E-state index contributed by atoms with van der Waals surface area (Å²) in [7, 11) is 0. The molecule has 1 aromatic heterocycles. The van der Waals surface area contributed by atoms with Gasteiger partial charge in [0.1, 0.15) is 11.4 Å². The standard InChI is InChI=1S/C22H21FN4O5/c1-2-24-13-17(22(29)30)21(28)16-11-18(23)20(12-19(16)24)26-9-7-25(8-10-26)14-3-5-15(6-4-14)27(31)32/h3-6,11-13H,2,7-10H2,1H3,(H,29,30). The molecule has 2 aromatic carbocycles. The predicted molar refractivity (Wildman–Crippen MR) is 118 cm³/mol. The molecule has 10 heteroatoms. The number of fused-ring (bicyclic) bond motifs is 1. The lowest BCUT2D eigenvalue weighted by atomic mass is 10.1. The molecule has 3 aromatic rings. The van der Waals surface area contributed by atoms with Crippen LogP contribution in [-0.2, 0) is 6.54 Å². The number of anilines is 2. The molecule has 166 valence electrons. The van der Waals surface area contributed by atoms with Crippen molar-refractivity contribution in [2.24, 2.45) is 0 Å². The third-order valence-electron chi connectivity index (χ3n) is 5.77. The molecule has 0 radical (unpaired) electrons. The number of rotatable bonds is 5. The van der Waals surface area contributed by atoms with Gasteiger partial charge in [-0.1, -0.05) is 0 Å². The number of pyridine rings is 1. The minimum absolute atomic E-state index is 0.0265. The molecule has 1 aliphatic rings. The average Bonchev–Trinajstić information content (AvgIpc) is 2.79. The lowest BCUT2D eigenvalue weighted by Gasteiger charge is -2.37.